The normalized spacial score (nSPS) is 44.9. The zero-order valence-electron chi connectivity index (χ0n) is 8.35. The smallest absolute Gasteiger partial charge is 0.306 e. The lowest BCUT2D eigenvalue weighted by Gasteiger charge is -2.14. The van der Waals surface area contributed by atoms with Crippen molar-refractivity contribution >= 4 is 5.97 Å². The van der Waals surface area contributed by atoms with E-state index in [-0.39, 0.29) is 12.1 Å². The van der Waals surface area contributed by atoms with Gasteiger partial charge in [0.2, 0.25) is 0 Å². The standard InChI is InChI=1S/C11H16O3/c1-7-10-6-8(10)2-3-9(12)4-5-11(13)14-7/h2-3,7-10,12H,4-6H2,1H3/b3-2+/t7-,8-,9-,10-/m0/s1. The lowest BCUT2D eigenvalue weighted by atomic mass is 10.1. The van der Waals surface area contributed by atoms with Crippen LogP contribution in [0.25, 0.3) is 0 Å². The molecule has 1 N–H and O–H groups in total. The van der Waals surface area contributed by atoms with Gasteiger partial charge in [0.25, 0.3) is 0 Å². The summed E-state index contributed by atoms with van der Waals surface area (Å²) in [4.78, 5) is 11.3. The fraction of sp³-hybridized carbons (Fsp3) is 0.727. The SMILES string of the molecule is C[C@@H]1OC(=O)CC[C@@H](O)/C=C/[C@H]2C[C@@H]12. The highest BCUT2D eigenvalue weighted by Crippen LogP contribution is 2.43. The van der Waals surface area contributed by atoms with Crippen LogP contribution in [0.2, 0.25) is 0 Å². The molecule has 0 radical (unpaired) electrons. The van der Waals surface area contributed by atoms with Gasteiger partial charge in [-0.2, -0.15) is 0 Å². The number of ether oxygens (including phenoxy) is 1. The van der Waals surface area contributed by atoms with Crippen LogP contribution in [0.5, 0.6) is 0 Å². The number of aliphatic hydroxyl groups excluding tert-OH is 1. The first-order valence-corrected chi connectivity index (χ1v) is 5.22. The minimum Gasteiger partial charge on any atom is -0.462 e. The Kier molecular flexibility index (Phi) is 2.59. The van der Waals surface area contributed by atoms with Gasteiger partial charge in [-0.25, -0.2) is 0 Å². The number of cyclic esters (lactones) is 1. The van der Waals surface area contributed by atoms with Gasteiger partial charge in [-0.05, 0) is 25.7 Å². The molecule has 2 rings (SSSR count). The predicted molar refractivity (Wildman–Crippen MR) is 51.5 cm³/mol. The van der Waals surface area contributed by atoms with Gasteiger partial charge in [0.05, 0.1) is 6.10 Å². The van der Waals surface area contributed by atoms with Crippen LogP contribution in [0.15, 0.2) is 12.2 Å². The van der Waals surface area contributed by atoms with Crippen molar-refractivity contribution in [2.75, 3.05) is 0 Å². The van der Waals surface area contributed by atoms with Gasteiger partial charge in [-0.1, -0.05) is 12.2 Å². The predicted octanol–water partition coefficient (Wildman–Crippen LogP) is 1.27. The van der Waals surface area contributed by atoms with Crippen molar-refractivity contribution in [3.05, 3.63) is 12.2 Å². The summed E-state index contributed by atoms with van der Waals surface area (Å²) in [6, 6.07) is 0. The van der Waals surface area contributed by atoms with Crippen molar-refractivity contribution < 1.29 is 14.6 Å². The summed E-state index contributed by atoms with van der Waals surface area (Å²) in [5.41, 5.74) is 0. The molecule has 1 saturated carbocycles. The third-order valence-corrected chi connectivity index (χ3v) is 3.04. The highest BCUT2D eigenvalue weighted by Gasteiger charge is 2.41. The highest BCUT2D eigenvalue weighted by atomic mass is 16.5. The molecule has 0 aromatic heterocycles. The minimum atomic E-state index is -0.489. The van der Waals surface area contributed by atoms with Gasteiger partial charge >= 0.3 is 5.97 Å². The van der Waals surface area contributed by atoms with Crippen molar-refractivity contribution in [3.63, 3.8) is 0 Å². The molecule has 14 heavy (non-hydrogen) atoms. The van der Waals surface area contributed by atoms with Gasteiger partial charge in [0, 0.05) is 12.3 Å². The molecular weight excluding hydrogens is 180 g/mol. The lowest BCUT2D eigenvalue weighted by molar-refractivity contribution is -0.149. The summed E-state index contributed by atoms with van der Waals surface area (Å²) in [6.07, 6.45) is 5.29. The molecular formula is C11H16O3. The van der Waals surface area contributed by atoms with Crippen molar-refractivity contribution in [2.45, 2.75) is 38.4 Å². The topological polar surface area (TPSA) is 46.5 Å². The van der Waals surface area contributed by atoms with Crippen LogP contribution >= 0.6 is 0 Å². The van der Waals surface area contributed by atoms with Crippen LogP contribution < -0.4 is 0 Å². The zero-order valence-corrected chi connectivity index (χ0v) is 8.35. The molecule has 1 fully saturated rings. The number of carbonyl (C=O) groups is 1. The fourth-order valence-corrected chi connectivity index (χ4v) is 1.98. The van der Waals surface area contributed by atoms with Crippen LogP contribution in [0.4, 0.5) is 0 Å². The summed E-state index contributed by atoms with van der Waals surface area (Å²) in [7, 11) is 0. The maximum absolute atomic E-state index is 11.3. The number of rotatable bonds is 0. The summed E-state index contributed by atoms with van der Waals surface area (Å²) < 4.78 is 5.25. The number of allylic oxidation sites excluding steroid dienone is 1. The first-order chi connectivity index (χ1) is 6.66. The van der Waals surface area contributed by atoms with E-state index in [4.69, 9.17) is 4.74 Å². The molecule has 2 aliphatic rings. The Morgan fingerprint density at radius 2 is 2.29 bits per heavy atom. The van der Waals surface area contributed by atoms with E-state index in [1.54, 1.807) is 0 Å². The van der Waals surface area contributed by atoms with E-state index in [0.29, 0.717) is 24.7 Å². The number of esters is 1. The quantitative estimate of drug-likeness (QED) is 0.468. The molecule has 4 atom stereocenters. The van der Waals surface area contributed by atoms with E-state index >= 15 is 0 Å². The van der Waals surface area contributed by atoms with E-state index in [1.807, 2.05) is 13.0 Å². The molecule has 3 heteroatoms. The van der Waals surface area contributed by atoms with E-state index in [0.717, 1.165) is 6.42 Å². The van der Waals surface area contributed by atoms with E-state index < -0.39 is 6.10 Å². The number of carbonyl (C=O) groups excluding carboxylic acids is 1. The molecule has 1 heterocycles. The maximum Gasteiger partial charge on any atom is 0.306 e. The summed E-state index contributed by atoms with van der Waals surface area (Å²) in [5.74, 6) is 0.795. The minimum absolute atomic E-state index is 0.0346. The molecule has 0 bridgehead atoms. The highest BCUT2D eigenvalue weighted by molar-refractivity contribution is 5.69. The lowest BCUT2D eigenvalue weighted by Crippen LogP contribution is -2.19. The Labute approximate surface area is 83.8 Å². The molecule has 0 aromatic carbocycles. The Hall–Kier alpha value is -0.830. The number of hydrogen-bond donors (Lipinski definition) is 1. The molecule has 3 nitrogen and oxygen atoms in total. The van der Waals surface area contributed by atoms with Crippen LogP contribution in [0.3, 0.4) is 0 Å². The fourth-order valence-electron chi connectivity index (χ4n) is 1.98. The Morgan fingerprint density at radius 3 is 3.07 bits per heavy atom. The molecule has 1 aliphatic heterocycles. The summed E-state index contributed by atoms with van der Waals surface area (Å²) in [6.45, 7) is 1.95. The van der Waals surface area contributed by atoms with E-state index in [2.05, 4.69) is 6.08 Å². The second-order valence-corrected chi connectivity index (χ2v) is 4.25. The third kappa shape index (κ3) is 2.15. The van der Waals surface area contributed by atoms with Crippen molar-refractivity contribution in [2.24, 2.45) is 11.8 Å². The summed E-state index contributed by atoms with van der Waals surface area (Å²) in [5, 5.41) is 9.46. The number of hydrogen-bond acceptors (Lipinski definition) is 3. The van der Waals surface area contributed by atoms with Gasteiger partial charge in [0.1, 0.15) is 6.10 Å². The van der Waals surface area contributed by atoms with Gasteiger partial charge < -0.3 is 9.84 Å². The average molecular weight is 196 g/mol. The van der Waals surface area contributed by atoms with Crippen LogP contribution in [-0.2, 0) is 9.53 Å². The van der Waals surface area contributed by atoms with Crippen molar-refractivity contribution in [3.8, 4) is 0 Å². The molecule has 78 valence electrons. The second kappa shape index (κ2) is 3.73. The Balaban J connectivity index is 2.03. The molecule has 0 saturated heterocycles. The second-order valence-electron chi connectivity index (χ2n) is 4.25. The van der Waals surface area contributed by atoms with E-state index in [9.17, 15) is 9.90 Å². The number of aliphatic hydroxyl groups is 1. The first-order valence-electron chi connectivity index (χ1n) is 5.22. The van der Waals surface area contributed by atoms with Crippen molar-refractivity contribution in [1.29, 1.82) is 0 Å². The molecule has 1 aliphatic carbocycles. The van der Waals surface area contributed by atoms with Crippen LogP contribution in [0.1, 0.15) is 26.2 Å². The van der Waals surface area contributed by atoms with E-state index in [1.165, 1.54) is 0 Å². The third-order valence-electron chi connectivity index (χ3n) is 3.04. The zero-order chi connectivity index (χ0) is 10.1. The van der Waals surface area contributed by atoms with Gasteiger partial charge in [0.15, 0.2) is 0 Å². The molecule has 0 amide bonds. The Morgan fingerprint density at radius 1 is 1.50 bits per heavy atom. The number of fused-ring (bicyclic) bond motifs is 1. The Bertz CT molecular complexity index is 259. The van der Waals surface area contributed by atoms with Crippen LogP contribution in [-0.4, -0.2) is 23.3 Å². The van der Waals surface area contributed by atoms with Gasteiger partial charge in [-0.15, -0.1) is 0 Å². The largest absolute Gasteiger partial charge is 0.462 e. The van der Waals surface area contributed by atoms with Crippen LogP contribution in [0, 0.1) is 11.8 Å². The maximum atomic E-state index is 11.3. The van der Waals surface area contributed by atoms with Gasteiger partial charge in [-0.3, -0.25) is 4.79 Å². The van der Waals surface area contributed by atoms with Crippen molar-refractivity contribution in [1.82, 2.24) is 0 Å². The monoisotopic (exact) mass is 196 g/mol. The molecule has 0 aromatic rings. The molecule has 0 spiro atoms. The molecule has 0 unspecified atom stereocenters. The first kappa shape index (κ1) is 9.71. The average Bonchev–Trinajstić information content (AvgIpc) is 2.89. The summed E-state index contributed by atoms with van der Waals surface area (Å²) >= 11 is 0.